The third-order valence-electron chi connectivity index (χ3n) is 4.41. The van der Waals surface area contributed by atoms with Crippen LogP contribution in [0.25, 0.3) is 11.3 Å². The Balaban J connectivity index is 1.72. The van der Waals surface area contributed by atoms with Crippen LogP contribution in [0.3, 0.4) is 0 Å². The number of benzene rings is 1. The number of carbonyl (C=O) groups excluding carboxylic acids is 1. The molecule has 9 nitrogen and oxygen atoms in total. The Labute approximate surface area is 206 Å². The number of aliphatic carboxylic acids is 1. The van der Waals surface area contributed by atoms with Gasteiger partial charge in [0.2, 0.25) is 0 Å². The fourth-order valence-electron chi connectivity index (χ4n) is 3.02. The van der Waals surface area contributed by atoms with E-state index in [9.17, 15) is 19.1 Å². The van der Waals surface area contributed by atoms with Gasteiger partial charge in [-0.3, -0.25) is 4.79 Å². The molecule has 0 fully saturated rings. The lowest BCUT2D eigenvalue weighted by Crippen LogP contribution is -2.41. The smallest absolute Gasteiger partial charge is 0.407 e. The van der Waals surface area contributed by atoms with Crippen molar-refractivity contribution < 1.29 is 28.6 Å². The number of pyridine rings is 1. The number of ether oxygens (including phenoxy) is 2. The molecule has 0 aliphatic carbocycles. The van der Waals surface area contributed by atoms with Gasteiger partial charge in [0.1, 0.15) is 17.2 Å². The van der Waals surface area contributed by atoms with E-state index in [-0.39, 0.29) is 23.7 Å². The topological polar surface area (TPSA) is 124 Å². The van der Waals surface area contributed by atoms with E-state index < -0.39 is 29.5 Å². The lowest BCUT2D eigenvalue weighted by Gasteiger charge is -2.22. The zero-order valence-corrected chi connectivity index (χ0v) is 20.0. The highest BCUT2D eigenvalue weighted by atomic mass is 35.5. The molecule has 0 saturated carbocycles. The van der Waals surface area contributed by atoms with E-state index in [0.717, 1.165) is 11.6 Å². The first kappa shape index (κ1) is 25.8. The second-order valence-corrected chi connectivity index (χ2v) is 9.01. The predicted octanol–water partition coefficient (Wildman–Crippen LogP) is 5.03. The van der Waals surface area contributed by atoms with Crippen molar-refractivity contribution in [2.75, 3.05) is 0 Å². The molecule has 35 heavy (non-hydrogen) atoms. The average Bonchev–Trinajstić information content (AvgIpc) is 2.74. The SMILES string of the molecule is CC(C)(C)OC(=O)NC(CC(=O)O)Cc1nccc(-c2ccc(Oc3ncc(Cl)cc3F)cc2)n1. The highest BCUT2D eigenvalue weighted by molar-refractivity contribution is 6.30. The van der Waals surface area contributed by atoms with Gasteiger partial charge >= 0.3 is 12.1 Å². The average molecular weight is 503 g/mol. The van der Waals surface area contributed by atoms with E-state index in [2.05, 4.69) is 20.3 Å². The Morgan fingerprint density at radius 2 is 1.89 bits per heavy atom. The Morgan fingerprint density at radius 3 is 2.51 bits per heavy atom. The third kappa shape index (κ3) is 8.18. The van der Waals surface area contributed by atoms with Crippen LogP contribution in [0.15, 0.2) is 48.8 Å². The number of amides is 1. The molecule has 184 valence electrons. The highest BCUT2D eigenvalue weighted by Gasteiger charge is 2.22. The molecule has 1 aromatic carbocycles. The molecule has 3 rings (SSSR count). The zero-order valence-electron chi connectivity index (χ0n) is 19.3. The van der Waals surface area contributed by atoms with Gasteiger partial charge in [0.15, 0.2) is 5.82 Å². The lowest BCUT2D eigenvalue weighted by molar-refractivity contribution is -0.137. The standard InChI is InChI=1S/C24H24ClFN4O5/c1-24(2,3)35-23(33)29-16(12-21(31)32)11-20-27-9-8-19(30-20)14-4-6-17(7-5-14)34-22-18(26)10-15(25)13-28-22/h4-10,13,16H,11-12H2,1-3H3,(H,29,33)(H,31,32). The fraction of sp³-hybridized carbons (Fsp3) is 0.292. The van der Waals surface area contributed by atoms with Gasteiger partial charge < -0.3 is 19.9 Å². The minimum Gasteiger partial charge on any atom is -0.481 e. The summed E-state index contributed by atoms with van der Waals surface area (Å²) in [6, 6.07) is 8.74. The van der Waals surface area contributed by atoms with Crippen molar-refractivity contribution in [3.63, 3.8) is 0 Å². The van der Waals surface area contributed by atoms with Gasteiger partial charge in [-0.15, -0.1) is 0 Å². The number of aromatic nitrogens is 3. The first-order chi connectivity index (χ1) is 16.5. The number of nitrogens with zero attached hydrogens (tertiary/aromatic N) is 3. The Bertz CT molecular complexity index is 1200. The Kier molecular flexibility index (Phi) is 8.18. The van der Waals surface area contributed by atoms with Crippen LogP contribution in [0.2, 0.25) is 5.02 Å². The molecule has 0 radical (unpaired) electrons. The summed E-state index contributed by atoms with van der Waals surface area (Å²) in [5.74, 6) is -1.26. The van der Waals surface area contributed by atoms with Crippen molar-refractivity contribution in [1.82, 2.24) is 20.3 Å². The van der Waals surface area contributed by atoms with Crippen LogP contribution in [-0.4, -0.2) is 43.8 Å². The van der Waals surface area contributed by atoms with Gasteiger partial charge in [-0.05, 0) is 57.2 Å². The molecule has 0 aliphatic rings. The number of nitrogens with one attached hydrogen (secondary N) is 1. The van der Waals surface area contributed by atoms with E-state index in [1.807, 2.05) is 0 Å². The molecule has 2 N–H and O–H groups in total. The van der Waals surface area contributed by atoms with E-state index in [1.54, 1.807) is 57.3 Å². The summed E-state index contributed by atoms with van der Waals surface area (Å²) < 4.78 is 24.6. The van der Waals surface area contributed by atoms with E-state index in [0.29, 0.717) is 17.3 Å². The molecule has 0 bridgehead atoms. The number of rotatable bonds is 8. The maximum Gasteiger partial charge on any atom is 0.407 e. The summed E-state index contributed by atoms with van der Waals surface area (Å²) >= 11 is 5.70. The molecule has 0 aliphatic heterocycles. The van der Waals surface area contributed by atoms with E-state index in [4.69, 9.17) is 21.1 Å². The van der Waals surface area contributed by atoms with Crippen molar-refractivity contribution in [2.24, 2.45) is 0 Å². The number of carbonyl (C=O) groups is 2. The van der Waals surface area contributed by atoms with Gasteiger partial charge in [0, 0.05) is 30.4 Å². The molecule has 1 unspecified atom stereocenters. The van der Waals surface area contributed by atoms with Gasteiger partial charge in [0.05, 0.1) is 17.1 Å². The molecule has 11 heteroatoms. The third-order valence-corrected chi connectivity index (χ3v) is 4.62. The molecule has 1 amide bonds. The predicted molar refractivity (Wildman–Crippen MR) is 126 cm³/mol. The Morgan fingerprint density at radius 1 is 1.17 bits per heavy atom. The minimum atomic E-state index is -1.08. The minimum absolute atomic E-state index is 0.0854. The molecule has 0 spiro atoms. The van der Waals surface area contributed by atoms with Gasteiger partial charge in [0.25, 0.3) is 5.88 Å². The number of alkyl carbamates (subject to hydrolysis) is 1. The van der Waals surface area contributed by atoms with Crippen molar-refractivity contribution >= 4 is 23.7 Å². The van der Waals surface area contributed by atoms with Gasteiger partial charge in [-0.25, -0.2) is 24.1 Å². The number of hydrogen-bond donors (Lipinski definition) is 2. The lowest BCUT2D eigenvalue weighted by atomic mass is 10.1. The molecule has 0 saturated heterocycles. The summed E-state index contributed by atoms with van der Waals surface area (Å²) in [4.78, 5) is 35.9. The second kappa shape index (κ2) is 11.1. The summed E-state index contributed by atoms with van der Waals surface area (Å²) in [6.07, 6.45) is 1.87. The van der Waals surface area contributed by atoms with Crippen molar-refractivity contribution in [3.05, 3.63) is 65.5 Å². The van der Waals surface area contributed by atoms with Crippen LogP contribution in [0.4, 0.5) is 9.18 Å². The number of carboxylic acid groups (broad SMARTS) is 1. The molecule has 3 aromatic rings. The van der Waals surface area contributed by atoms with E-state index in [1.165, 1.54) is 6.20 Å². The monoisotopic (exact) mass is 502 g/mol. The van der Waals surface area contributed by atoms with Crippen LogP contribution in [0.1, 0.15) is 33.0 Å². The summed E-state index contributed by atoms with van der Waals surface area (Å²) in [7, 11) is 0. The first-order valence-corrected chi connectivity index (χ1v) is 11.0. The molecule has 2 heterocycles. The largest absolute Gasteiger partial charge is 0.481 e. The van der Waals surface area contributed by atoms with Crippen LogP contribution in [-0.2, 0) is 16.0 Å². The highest BCUT2D eigenvalue weighted by Crippen LogP contribution is 2.26. The molecular weight excluding hydrogens is 479 g/mol. The second-order valence-electron chi connectivity index (χ2n) is 8.57. The molecular formula is C24H24ClFN4O5. The number of carboxylic acids is 1. The van der Waals surface area contributed by atoms with Crippen LogP contribution in [0, 0.1) is 5.82 Å². The zero-order chi connectivity index (χ0) is 25.6. The van der Waals surface area contributed by atoms with Crippen LogP contribution < -0.4 is 10.1 Å². The fourth-order valence-corrected chi connectivity index (χ4v) is 3.16. The van der Waals surface area contributed by atoms with Crippen LogP contribution in [0.5, 0.6) is 11.6 Å². The maximum atomic E-state index is 13.9. The van der Waals surface area contributed by atoms with E-state index >= 15 is 0 Å². The van der Waals surface area contributed by atoms with Crippen molar-refractivity contribution in [2.45, 2.75) is 45.3 Å². The summed E-state index contributed by atoms with van der Waals surface area (Å²) in [6.45, 7) is 5.14. The quantitative estimate of drug-likeness (QED) is 0.439. The number of halogens is 2. The molecule has 2 aromatic heterocycles. The van der Waals surface area contributed by atoms with Gasteiger partial charge in [-0.2, -0.15) is 0 Å². The van der Waals surface area contributed by atoms with Crippen molar-refractivity contribution in [1.29, 1.82) is 0 Å². The first-order valence-electron chi connectivity index (χ1n) is 10.6. The summed E-state index contributed by atoms with van der Waals surface area (Å²) in [5, 5.41) is 12.0. The van der Waals surface area contributed by atoms with Crippen LogP contribution >= 0.6 is 11.6 Å². The van der Waals surface area contributed by atoms with Gasteiger partial charge in [-0.1, -0.05) is 11.6 Å². The maximum absolute atomic E-state index is 13.9. The summed E-state index contributed by atoms with van der Waals surface area (Å²) in [5.41, 5.74) is 0.573. The molecule has 1 atom stereocenters. The Hall–Kier alpha value is -3.79. The number of hydrogen-bond acceptors (Lipinski definition) is 7. The normalized spacial score (nSPS) is 12.0. The van der Waals surface area contributed by atoms with Crippen molar-refractivity contribution in [3.8, 4) is 22.9 Å².